The molecule has 0 unspecified atom stereocenters. The van der Waals surface area contributed by atoms with E-state index in [1.54, 1.807) is 35.4 Å². The summed E-state index contributed by atoms with van der Waals surface area (Å²) in [4.78, 5) is 18.3. The maximum Gasteiger partial charge on any atom is 0.254 e. The van der Waals surface area contributed by atoms with Crippen molar-refractivity contribution in [3.63, 3.8) is 0 Å². The molecule has 1 amide bonds. The molecule has 0 radical (unpaired) electrons. The van der Waals surface area contributed by atoms with Gasteiger partial charge < -0.3 is 14.4 Å². The molecule has 1 aliphatic heterocycles. The standard InChI is InChI=1S/C19H21ClN2O3/c1-2-3-11-24-15-8-6-14(7-9-15)19(23)22-12-16(13-22)25-18-17(20)5-4-10-21-18/h4-10,16H,2-3,11-13H2,1H3. The van der Waals surface area contributed by atoms with Crippen molar-refractivity contribution >= 4 is 17.5 Å². The molecule has 0 atom stereocenters. The number of likely N-dealkylation sites (tertiary alicyclic amines) is 1. The molecular formula is C19H21ClN2O3. The number of hydrogen-bond acceptors (Lipinski definition) is 4. The summed E-state index contributed by atoms with van der Waals surface area (Å²) in [5.41, 5.74) is 0.650. The van der Waals surface area contributed by atoms with Crippen LogP contribution in [-0.4, -0.2) is 41.6 Å². The molecule has 5 nitrogen and oxygen atoms in total. The van der Waals surface area contributed by atoms with Crippen molar-refractivity contribution < 1.29 is 14.3 Å². The van der Waals surface area contributed by atoms with Crippen LogP contribution in [0.25, 0.3) is 0 Å². The van der Waals surface area contributed by atoms with Gasteiger partial charge in [0.1, 0.15) is 16.9 Å². The van der Waals surface area contributed by atoms with Crippen molar-refractivity contribution in [2.75, 3.05) is 19.7 Å². The number of amides is 1. The molecule has 0 bridgehead atoms. The minimum absolute atomic E-state index is 0.00734. The Morgan fingerprint density at radius 1 is 1.28 bits per heavy atom. The van der Waals surface area contributed by atoms with Gasteiger partial charge in [-0.15, -0.1) is 0 Å². The van der Waals surface area contributed by atoms with Crippen molar-refractivity contribution in [3.8, 4) is 11.6 Å². The van der Waals surface area contributed by atoms with Gasteiger partial charge in [0.15, 0.2) is 0 Å². The molecule has 2 aromatic rings. The number of benzene rings is 1. The van der Waals surface area contributed by atoms with Gasteiger partial charge in [-0.2, -0.15) is 0 Å². The summed E-state index contributed by atoms with van der Waals surface area (Å²) in [6, 6.07) is 10.8. The third-order valence-electron chi connectivity index (χ3n) is 4.01. The minimum Gasteiger partial charge on any atom is -0.494 e. The first kappa shape index (κ1) is 17.5. The Morgan fingerprint density at radius 2 is 2.04 bits per heavy atom. The minimum atomic E-state index is -0.0759. The van der Waals surface area contributed by atoms with Crippen molar-refractivity contribution in [1.82, 2.24) is 9.88 Å². The Balaban J connectivity index is 1.49. The van der Waals surface area contributed by atoms with E-state index in [2.05, 4.69) is 11.9 Å². The van der Waals surface area contributed by atoms with Crippen LogP contribution in [0.2, 0.25) is 5.02 Å². The van der Waals surface area contributed by atoms with E-state index in [0.717, 1.165) is 18.6 Å². The highest BCUT2D eigenvalue weighted by Crippen LogP contribution is 2.25. The highest BCUT2D eigenvalue weighted by atomic mass is 35.5. The van der Waals surface area contributed by atoms with Crippen molar-refractivity contribution in [1.29, 1.82) is 0 Å². The van der Waals surface area contributed by atoms with Gasteiger partial charge in [0.2, 0.25) is 5.88 Å². The van der Waals surface area contributed by atoms with Crippen LogP contribution in [0.15, 0.2) is 42.6 Å². The number of carbonyl (C=O) groups excluding carboxylic acids is 1. The molecule has 0 spiro atoms. The topological polar surface area (TPSA) is 51.7 Å². The molecule has 0 N–H and O–H groups in total. The maximum absolute atomic E-state index is 12.5. The largest absolute Gasteiger partial charge is 0.494 e. The zero-order chi connectivity index (χ0) is 17.6. The lowest BCUT2D eigenvalue weighted by Gasteiger charge is -2.38. The van der Waals surface area contributed by atoms with Gasteiger partial charge in [-0.3, -0.25) is 4.79 Å². The van der Waals surface area contributed by atoms with Gasteiger partial charge in [-0.1, -0.05) is 24.9 Å². The molecule has 2 heterocycles. The van der Waals surface area contributed by atoms with E-state index in [0.29, 0.717) is 36.2 Å². The number of nitrogens with zero attached hydrogens (tertiary/aromatic N) is 2. The smallest absolute Gasteiger partial charge is 0.254 e. The van der Waals surface area contributed by atoms with E-state index in [1.807, 2.05) is 12.1 Å². The molecule has 1 aliphatic rings. The van der Waals surface area contributed by atoms with Gasteiger partial charge in [0, 0.05) is 11.8 Å². The molecule has 25 heavy (non-hydrogen) atoms. The van der Waals surface area contributed by atoms with E-state index in [-0.39, 0.29) is 12.0 Å². The number of rotatable bonds is 7. The number of aromatic nitrogens is 1. The second-order valence-electron chi connectivity index (χ2n) is 5.97. The molecule has 6 heteroatoms. The quantitative estimate of drug-likeness (QED) is 0.704. The summed E-state index contributed by atoms with van der Waals surface area (Å²) in [5, 5.41) is 0.478. The fourth-order valence-electron chi connectivity index (χ4n) is 2.50. The number of ether oxygens (including phenoxy) is 2. The number of pyridine rings is 1. The number of carbonyl (C=O) groups is 1. The summed E-state index contributed by atoms with van der Waals surface area (Å²) < 4.78 is 11.3. The van der Waals surface area contributed by atoms with Crippen molar-refractivity contribution in [2.45, 2.75) is 25.9 Å². The number of unbranched alkanes of at least 4 members (excludes halogenated alkanes) is 1. The number of halogens is 1. The average Bonchev–Trinajstić information content (AvgIpc) is 2.59. The molecule has 132 valence electrons. The van der Waals surface area contributed by atoms with Gasteiger partial charge in [0.05, 0.1) is 19.7 Å². The van der Waals surface area contributed by atoms with Crippen molar-refractivity contribution in [3.05, 3.63) is 53.2 Å². The normalized spacial score (nSPS) is 14.1. The van der Waals surface area contributed by atoms with Crippen LogP contribution in [0.5, 0.6) is 11.6 Å². The van der Waals surface area contributed by atoms with Crippen LogP contribution >= 0.6 is 11.6 Å². The summed E-state index contributed by atoms with van der Waals surface area (Å²) in [5.74, 6) is 1.20. The first-order valence-electron chi connectivity index (χ1n) is 8.46. The van der Waals surface area contributed by atoms with Crippen LogP contribution in [-0.2, 0) is 0 Å². The van der Waals surface area contributed by atoms with E-state index >= 15 is 0 Å². The number of hydrogen-bond donors (Lipinski definition) is 0. The predicted octanol–water partition coefficient (Wildman–Crippen LogP) is 3.82. The zero-order valence-electron chi connectivity index (χ0n) is 14.2. The van der Waals surface area contributed by atoms with Crippen LogP contribution in [0.4, 0.5) is 0 Å². The molecule has 0 aliphatic carbocycles. The van der Waals surface area contributed by atoms with Gasteiger partial charge in [-0.25, -0.2) is 4.98 Å². The van der Waals surface area contributed by atoms with Crippen molar-refractivity contribution in [2.24, 2.45) is 0 Å². The van der Waals surface area contributed by atoms with Crippen LogP contribution in [0.3, 0.4) is 0 Å². The lowest BCUT2D eigenvalue weighted by molar-refractivity contribution is 0.0160. The SMILES string of the molecule is CCCCOc1ccc(C(=O)N2CC(Oc3ncccc3Cl)C2)cc1. The Hall–Kier alpha value is -2.27. The molecule has 1 aromatic heterocycles. The Labute approximate surface area is 152 Å². The highest BCUT2D eigenvalue weighted by Gasteiger charge is 2.33. The first-order valence-corrected chi connectivity index (χ1v) is 8.84. The first-order chi connectivity index (χ1) is 12.2. The predicted molar refractivity (Wildman–Crippen MR) is 96.4 cm³/mol. The van der Waals surface area contributed by atoms with Gasteiger partial charge in [0.25, 0.3) is 5.91 Å². The molecule has 1 saturated heterocycles. The lowest BCUT2D eigenvalue weighted by Crippen LogP contribution is -2.56. The Morgan fingerprint density at radius 3 is 2.72 bits per heavy atom. The van der Waals surface area contributed by atoms with E-state index in [4.69, 9.17) is 21.1 Å². The average molecular weight is 361 g/mol. The van der Waals surface area contributed by atoms with Gasteiger partial charge in [-0.05, 0) is 42.8 Å². The Bertz CT molecular complexity index is 715. The van der Waals surface area contributed by atoms with E-state index in [9.17, 15) is 4.79 Å². The molecular weight excluding hydrogens is 340 g/mol. The lowest BCUT2D eigenvalue weighted by atomic mass is 10.1. The molecule has 0 saturated carbocycles. The maximum atomic E-state index is 12.5. The fourth-order valence-corrected chi connectivity index (χ4v) is 2.67. The summed E-state index contributed by atoms with van der Waals surface area (Å²) >= 11 is 6.02. The fraction of sp³-hybridized carbons (Fsp3) is 0.368. The summed E-state index contributed by atoms with van der Waals surface area (Å²) in [6.07, 6.45) is 3.68. The third-order valence-corrected chi connectivity index (χ3v) is 4.29. The molecule has 3 rings (SSSR count). The van der Waals surface area contributed by atoms with E-state index in [1.165, 1.54) is 0 Å². The zero-order valence-corrected chi connectivity index (χ0v) is 14.9. The van der Waals surface area contributed by atoms with E-state index < -0.39 is 0 Å². The molecule has 1 aromatic carbocycles. The summed E-state index contributed by atoms with van der Waals surface area (Å²) in [6.45, 7) is 3.88. The third kappa shape index (κ3) is 4.42. The highest BCUT2D eigenvalue weighted by molar-refractivity contribution is 6.31. The molecule has 1 fully saturated rings. The second-order valence-corrected chi connectivity index (χ2v) is 6.37. The van der Waals surface area contributed by atoms with Gasteiger partial charge >= 0.3 is 0 Å². The second kappa shape index (κ2) is 8.21. The Kier molecular flexibility index (Phi) is 5.76. The van der Waals surface area contributed by atoms with Crippen LogP contribution in [0.1, 0.15) is 30.1 Å². The van der Waals surface area contributed by atoms with Crippen LogP contribution < -0.4 is 9.47 Å². The summed E-state index contributed by atoms with van der Waals surface area (Å²) in [7, 11) is 0. The van der Waals surface area contributed by atoms with Crippen LogP contribution in [0, 0.1) is 0 Å². The monoisotopic (exact) mass is 360 g/mol.